The van der Waals surface area contributed by atoms with Crippen molar-refractivity contribution in [1.29, 1.82) is 0 Å². The largest absolute Gasteiger partial charge is 0.401 e. The maximum Gasteiger partial charge on any atom is 0.401 e. The van der Waals surface area contributed by atoms with Crippen LogP contribution in [0.5, 0.6) is 0 Å². The Balaban J connectivity index is 2.57. The van der Waals surface area contributed by atoms with Gasteiger partial charge in [-0.3, -0.25) is 9.89 Å². The van der Waals surface area contributed by atoms with E-state index in [2.05, 4.69) is 10.3 Å². The Labute approximate surface area is 135 Å². The number of nitrogens with one attached hydrogen (secondary N) is 1. The smallest absolute Gasteiger partial charge is 0.357 e. The molecule has 132 valence electrons. The minimum atomic E-state index is -4.17. The predicted octanol–water partition coefficient (Wildman–Crippen LogP) is 1.92. The number of rotatable bonds is 7. The van der Waals surface area contributed by atoms with E-state index in [0.29, 0.717) is 25.6 Å². The minimum Gasteiger partial charge on any atom is -0.357 e. The highest BCUT2D eigenvalue weighted by Crippen LogP contribution is 2.15. The van der Waals surface area contributed by atoms with Gasteiger partial charge in [0.25, 0.3) is 0 Å². The summed E-state index contributed by atoms with van der Waals surface area (Å²) in [5, 5.41) is 3.16. The van der Waals surface area contributed by atoms with Crippen molar-refractivity contribution in [2.45, 2.75) is 19.6 Å². The van der Waals surface area contributed by atoms with Crippen LogP contribution in [0.15, 0.2) is 23.3 Å². The highest BCUT2D eigenvalue weighted by molar-refractivity contribution is 5.79. The van der Waals surface area contributed by atoms with Crippen molar-refractivity contribution in [3.63, 3.8) is 0 Å². The molecule has 0 saturated heterocycles. The third-order valence-electron chi connectivity index (χ3n) is 3.34. The monoisotopic (exact) mass is 333 g/mol. The van der Waals surface area contributed by atoms with Gasteiger partial charge in [-0.05, 0) is 26.1 Å². The normalized spacial score (nSPS) is 12.8. The Bertz CT molecular complexity index is 496. The van der Waals surface area contributed by atoms with Crippen LogP contribution in [0.1, 0.15) is 12.6 Å². The molecule has 1 heterocycles. The fraction of sp³-hybridized carbons (Fsp3) is 0.667. The number of aliphatic imine (C=N–C) groups is 1. The third kappa shape index (κ3) is 7.40. The molecule has 0 aromatic carbocycles. The van der Waals surface area contributed by atoms with Crippen LogP contribution in [0.4, 0.5) is 13.2 Å². The summed E-state index contributed by atoms with van der Waals surface area (Å²) >= 11 is 0. The van der Waals surface area contributed by atoms with Gasteiger partial charge in [0.05, 0.1) is 19.6 Å². The predicted molar refractivity (Wildman–Crippen MR) is 86.4 cm³/mol. The van der Waals surface area contributed by atoms with E-state index in [1.807, 2.05) is 48.8 Å². The Morgan fingerprint density at radius 3 is 2.57 bits per heavy atom. The molecule has 0 bridgehead atoms. The number of hydrogen-bond donors (Lipinski definition) is 1. The summed E-state index contributed by atoms with van der Waals surface area (Å²) in [5.41, 5.74) is 1.13. The van der Waals surface area contributed by atoms with Crippen molar-refractivity contribution in [2.24, 2.45) is 12.0 Å². The van der Waals surface area contributed by atoms with E-state index in [9.17, 15) is 13.2 Å². The van der Waals surface area contributed by atoms with Crippen LogP contribution in [0.2, 0.25) is 0 Å². The molecule has 0 spiro atoms. The Morgan fingerprint density at radius 2 is 2.04 bits per heavy atom. The lowest BCUT2D eigenvalue weighted by Gasteiger charge is -2.23. The Morgan fingerprint density at radius 1 is 1.35 bits per heavy atom. The van der Waals surface area contributed by atoms with Gasteiger partial charge in [-0.25, -0.2) is 0 Å². The maximum absolute atomic E-state index is 12.3. The van der Waals surface area contributed by atoms with Crippen molar-refractivity contribution in [1.82, 2.24) is 19.7 Å². The molecule has 0 aliphatic rings. The average molecular weight is 333 g/mol. The van der Waals surface area contributed by atoms with E-state index in [1.54, 1.807) is 0 Å². The van der Waals surface area contributed by atoms with Crippen molar-refractivity contribution in [3.8, 4) is 0 Å². The zero-order valence-electron chi connectivity index (χ0n) is 14.2. The number of nitrogens with zero attached hydrogens (tertiary/aromatic N) is 4. The maximum atomic E-state index is 12.3. The summed E-state index contributed by atoms with van der Waals surface area (Å²) in [7, 11) is 5.33. The molecule has 1 rings (SSSR count). The number of halogens is 3. The molecule has 0 amide bonds. The standard InChI is InChI=1S/C15H26F3N5/c1-5-19-14(20-8-10-21(2)12-15(16,17)18)23(4)11-13-7-6-9-22(13)3/h6-7,9H,5,8,10-12H2,1-4H3,(H,19,20). The van der Waals surface area contributed by atoms with Gasteiger partial charge >= 0.3 is 6.18 Å². The van der Waals surface area contributed by atoms with Crippen LogP contribution < -0.4 is 5.32 Å². The zero-order valence-corrected chi connectivity index (χ0v) is 14.2. The van der Waals surface area contributed by atoms with Crippen LogP contribution in [0.25, 0.3) is 0 Å². The van der Waals surface area contributed by atoms with Gasteiger partial charge in [0.1, 0.15) is 0 Å². The minimum absolute atomic E-state index is 0.256. The topological polar surface area (TPSA) is 35.8 Å². The summed E-state index contributed by atoms with van der Waals surface area (Å²) in [6.07, 6.45) is -2.20. The second-order valence-corrected chi connectivity index (χ2v) is 5.56. The van der Waals surface area contributed by atoms with E-state index in [-0.39, 0.29) is 6.54 Å². The molecule has 0 aliphatic heterocycles. The molecule has 0 saturated carbocycles. The molecular formula is C15H26F3N5. The van der Waals surface area contributed by atoms with Gasteiger partial charge in [-0.2, -0.15) is 13.2 Å². The van der Waals surface area contributed by atoms with Crippen LogP contribution in [0, 0.1) is 0 Å². The Kier molecular flexibility index (Phi) is 7.41. The fourth-order valence-electron chi connectivity index (χ4n) is 2.16. The molecule has 0 fully saturated rings. The molecular weight excluding hydrogens is 307 g/mol. The number of likely N-dealkylation sites (N-methyl/N-ethyl adjacent to an activating group) is 1. The van der Waals surface area contributed by atoms with Gasteiger partial charge in [0.2, 0.25) is 0 Å². The first-order valence-corrected chi connectivity index (χ1v) is 7.58. The third-order valence-corrected chi connectivity index (χ3v) is 3.34. The SMILES string of the molecule is CCNC(=NCCN(C)CC(F)(F)F)N(C)Cc1cccn1C. The molecule has 0 radical (unpaired) electrons. The van der Waals surface area contributed by atoms with Gasteiger partial charge in [0, 0.05) is 39.1 Å². The van der Waals surface area contributed by atoms with Crippen molar-refractivity contribution < 1.29 is 13.2 Å². The fourth-order valence-corrected chi connectivity index (χ4v) is 2.16. The first kappa shape index (κ1) is 19.3. The first-order chi connectivity index (χ1) is 10.7. The number of guanidine groups is 1. The number of hydrogen-bond acceptors (Lipinski definition) is 2. The molecule has 8 heteroatoms. The summed E-state index contributed by atoms with van der Waals surface area (Å²) in [6.45, 7) is 2.99. The van der Waals surface area contributed by atoms with Gasteiger partial charge < -0.3 is 14.8 Å². The average Bonchev–Trinajstić information content (AvgIpc) is 2.81. The molecule has 1 aromatic heterocycles. The first-order valence-electron chi connectivity index (χ1n) is 7.58. The van der Waals surface area contributed by atoms with Crippen LogP contribution >= 0.6 is 0 Å². The molecule has 1 aromatic rings. The van der Waals surface area contributed by atoms with E-state index in [4.69, 9.17) is 0 Å². The second-order valence-electron chi connectivity index (χ2n) is 5.56. The van der Waals surface area contributed by atoms with Crippen molar-refractivity contribution in [3.05, 3.63) is 24.0 Å². The zero-order chi connectivity index (χ0) is 17.5. The van der Waals surface area contributed by atoms with E-state index in [1.165, 1.54) is 11.9 Å². The number of alkyl halides is 3. The molecule has 5 nitrogen and oxygen atoms in total. The lowest BCUT2D eigenvalue weighted by Crippen LogP contribution is -2.39. The summed E-state index contributed by atoms with van der Waals surface area (Å²) in [5.74, 6) is 0.689. The summed E-state index contributed by atoms with van der Waals surface area (Å²) in [6, 6.07) is 4.00. The lowest BCUT2D eigenvalue weighted by atomic mass is 10.4. The molecule has 23 heavy (non-hydrogen) atoms. The van der Waals surface area contributed by atoms with Crippen LogP contribution in [-0.2, 0) is 13.6 Å². The second kappa shape index (κ2) is 8.81. The van der Waals surface area contributed by atoms with E-state index >= 15 is 0 Å². The van der Waals surface area contributed by atoms with Crippen molar-refractivity contribution in [2.75, 3.05) is 40.3 Å². The summed E-state index contributed by atoms with van der Waals surface area (Å²) in [4.78, 5) is 7.59. The van der Waals surface area contributed by atoms with Crippen molar-refractivity contribution >= 4 is 5.96 Å². The van der Waals surface area contributed by atoms with Crippen LogP contribution in [-0.4, -0.2) is 66.8 Å². The van der Waals surface area contributed by atoms with Gasteiger partial charge in [0.15, 0.2) is 5.96 Å². The van der Waals surface area contributed by atoms with E-state index < -0.39 is 12.7 Å². The Hall–Kier alpha value is -1.70. The molecule has 0 aliphatic carbocycles. The molecule has 0 atom stereocenters. The quantitative estimate of drug-likeness (QED) is 0.612. The van der Waals surface area contributed by atoms with Gasteiger partial charge in [-0.1, -0.05) is 0 Å². The number of aromatic nitrogens is 1. The lowest BCUT2D eigenvalue weighted by molar-refractivity contribution is -0.142. The highest BCUT2D eigenvalue weighted by atomic mass is 19.4. The van der Waals surface area contributed by atoms with E-state index in [0.717, 1.165) is 5.69 Å². The molecule has 0 unspecified atom stereocenters. The summed E-state index contributed by atoms with van der Waals surface area (Å²) < 4.78 is 38.9. The van der Waals surface area contributed by atoms with Crippen LogP contribution in [0.3, 0.4) is 0 Å². The highest BCUT2D eigenvalue weighted by Gasteiger charge is 2.28. The molecule has 1 N–H and O–H groups in total. The van der Waals surface area contributed by atoms with Gasteiger partial charge in [-0.15, -0.1) is 0 Å². The number of aryl methyl sites for hydroxylation is 1.